The summed E-state index contributed by atoms with van der Waals surface area (Å²) in [5, 5.41) is 8.89. The molecule has 3 aliphatic carbocycles. The summed E-state index contributed by atoms with van der Waals surface area (Å²) in [6.45, 7) is 10.6. The number of hydrogen-bond acceptors (Lipinski definition) is 24. The predicted molar refractivity (Wildman–Crippen MR) is 343 cm³/mol. The lowest BCUT2D eigenvalue weighted by Crippen LogP contribution is -2.28. The van der Waals surface area contributed by atoms with Crippen LogP contribution in [0.3, 0.4) is 0 Å². The van der Waals surface area contributed by atoms with Gasteiger partial charge in [0.15, 0.2) is 17.1 Å². The normalized spacial score (nSPS) is 13.2. The van der Waals surface area contributed by atoms with Crippen molar-refractivity contribution in [3.63, 3.8) is 0 Å². The highest BCUT2D eigenvalue weighted by Crippen LogP contribution is 2.57. The van der Waals surface area contributed by atoms with Crippen molar-refractivity contribution in [2.75, 3.05) is 176 Å². The van der Waals surface area contributed by atoms with E-state index in [1.165, 1.54) is 36.4 Å². The maximum absolute atomic E-state index is 14.3. The summed E-state index contributed by atoms with van der Waals surface area (Å²) >= 11 is 0. The fourth-order valence-electron chi connectivity index (χ4n) is 10.2. The molecule has 0 spiro atoms. The van der Waals surface area contributed by atoms with Crippen molar-refractivity contribution in [2.45, 2.75) is 32.6 Å². The zero-order valence-electron chi connectivity index (χ0n) is 54.1. The van der Waals surface area contributed by atoms with Crippen LogP contribution in [0.15, 0.2) is 91.0 Å². The molecule has 0 radical (unpaired) electrons. The first kappa shape index (κ1) is 71.8. The second-order valence-electron chi connectivity index (χ2n) is 20.8. The molecule has 2 bridgehead atoms. The standard InChI is InChI=1S/C68H80N6O21/c1-7-90-66(78)58-40-46(93-31-28-87-25-22-84-19-16-81-4)37-55(72-58)63(75)69-43-10-13-49-52(34-43)62-53-35-44(70-64(76)56-38-47(41-59(73-56)67(79)91-8-2)94-32-29-88-26-23-85-20-17-82-5)11-14-50(53)61(49)51-15-12-45(36-54(51)62)71-65(77)57-39-48(42-60(74-57)68(80)92-9-3)95-33-30-89-27-24-86-21-18-83-6/h10-15,34-42,61-62H,7-9,16-33H2,1-6H3,(H,69,75)(H,70,76)(H,71,77). The molecular weight excluding hydrogens is 1240 g/mol. The molecule has 3 aliphatic rings. The molecule has 0 atom stereocenters. The molecule has 9 rings (SSSR count). The third kappa shape index (κ3) is 20.7. The van der Waals surface area contributed by atoms with Crippen molar-refractivity contribution in [3.05, 3.63) is 159 Å². The molecule has 0 fully saturated rings. The first-order valence-electron chi connectivity index (χ1n) is 31.1. The van der Waals surface area contributed by atoms with Gasteiger partial charge in [-0.15, -0.1) is 0 Å². The SMILES string of the molecule is CCOC(=O)c1cc(OCCOCCOCCOC)cc(C(=O)Nc2ccc3c(c2)C2c4cc(NC(=O)c5cc(OCCOCCOCCOC)cc(C(=O)OCC)n5)ccc4C3c3ccc(NC(=O)c4cc(OCCOCCOCCOC)cc(C(=O)OCC)n4)cc32)n1. The number of hydrogen-bond donors (Lipinski definition) is 3. The molecule has 508 valence electrons. The van der Waals surface area contributed by atoms with Crippen molar-refractivity contribution in [1.29, 1.82) is 0 Å². The summed E-state index contributed by atoms with van der Waals surface area (Å²) in [7, 11) is 4.76. The second-order valence-corrected chi connectivity index (χ2v) is 20.8. The van der Waals surface area contributed by atoms with Gasteiger partial charge in [0.05, 0.1) is 119 Å². The average Bonchev–Trinajstić information content (AvgIpc) is 0.702. The van der Waals surface area contributed by atoms with E-state index >= 15 is 0 Å². The molecule has 0 saturated heterocycles. The highest BCUT2D eigenvalue weighted by atomic mass is 16.6. The van der Waals surface area contributed by atoms with Crippen LogP contribution in [0.25, 0.3) is 0 Å². The number of anilines is 3. The minimum Gasteiger partial charge on any atom is -0.491 e. The lowest BCUT2D eigenvalue weighted by atomic mass is 9.61. The van der Waals surface area contributed by atoms with Crippen molar-refractivity contribution in [2.24, 2.45) is 0 Å². The Hall–Kier alpha value is -9.03. The average molecular weight is 1320 g/mol. The van der Waals surface area contributed by atoms with Gasteiger partial charge in [-0.05, 0) is 90.6 Å². The second kappa shape index (κ2) is 37.8. The third-order valence-electron chi connectivity index (χ3n) is 14.3. The summed E-state index contributed by atoms with van der Waals surface area (Å²) in [6.07, 6.45) is 0. The van der Waals surface area contributed by atoms with Crippen LogP contribution in [0, 0.1) is 0 Å². The number of aromatic nitrogens is 3. The molecule has 3 aromatic heterocycles. The third-order valence-corrected chi connectivity index (χ3v) is 14.3. The van der Waals surface area contributed by atoms with Crippen LogP contribution < -0.4 is 30.2 Å². The van der Waals surface area contributed by atoms with Crippen LogP contribution in [0.1, 0.15) is 129 Å². The van der Waals surface area contributed by atoms with E-state index in [0.29, 0.717) is 96.3 Å². The Kier molecular flexibility index (Phi) is 28.5. The van der Waals surface area contributed by atoms with Gasteiger partial charge >= 0.3 is 17.9 Å². The van der Waals surface area contributed by atoms with Gasteiger partial charge in [0.1, 0.15) is 54.2 Å². The van der Waals surface area contributed by atoms with Gasteiger partial charge in [-0.1, -0.05) is 18.2 Å². The first-order chi connectivity index (χ1) is 46.4. The van der Waals surface area contributed by atoms with Gasteiger partial charge in [0.2, 0.25) is 0 Å². The van der Waals surface area contributed by atoms with Crippen LogP contribution in [-0.4, -0.2) is 211 Å². The summed E-state index contributed by atoms with van der Waals surface area (Å²) < 4.78 is 81.8. The fraction of sp³-hybridized carbons (Fsp3) is 0.426. The minimum absolute atomic E-state index is 0.0611. The number of methoxy groups -OCH3 is 3. The van der Waals surface area contributed by atoms with Gasteiger partial charge in [0.25, 0.3) is 17.7 Å². The van der Waals surface area contributed by atoms with E-state index in [4.69, 9.17) is 71.1 Å². The minimum atomic E-state index is -0.757. The molecule has 0 unspecified atom stereocenters. The Bertz CT molecular complexity index is 3210. The van der Waals surface area contributed by atoms with E-state index in [0.717, 1.165) is 33.4 Å². The van der Waals surface area contributed by atoms with Crippen molar-refractivity contribution in [1.82, 2.24) is 15.0 Å². The first-order valence-corrected chi connectivity index (χ1v) is 31.1. The Morgan fingerprint density at radius 2 is 0.558 bits per heavy atom. The number of benzene rings is 3. The van der Waals surface area contributed by atoms with E-state index in [1.54, 1.807) is 60.3 Å². The van der Waals surface area contributed by atoms with Crippen LogP contribution in [0.2, 0.25) is 0 Å². The topological polar surface area (TPSA) is 316 Å². The lowest BCUT2D eigenvalue weighted by molar-refractivity contribution is 0.0179. The van der Waals surface area contributed by atoms with Crippen LogP contribution in [0.4, 0.5) is 17.1 Å². The molecule has 95 heavy (non-hydrogen) atoms. The predicted octanol–water partition coefficient (Wildman–Crippen LogP) is 7.32. The molecule has 0 saturated carbocycles. The molecule has 3 amide bonds. The maximum Gasteiger partial charge on any atom is 0.357 e. The number of amides is 3. The number of rotatable bonds is 42. The van der Waals surface area contributed by atoms with Crippen LogP contribution in [0.5, 0.6) is 17.2 Å². The number of pyridine rings is 3. The molecular formula is C68H80N6O21. The zero-order valence-corrected chi connectivity index (χ0v) is 54.1. The molecule has 27 heteroatoms. The van der Waals surface area contributed by atoms with E-state index in [-0.39, 0.29) is 111 Å². The van der Waals surface area contributed by atoms with E-state index < -0.39 is 47.5 Å². The highest BCUT2D eigenvalue weighted by molar-refractivity contribution is 6.06. The highest BCUT2D eigenvalue weighted by Gasteiger charge is 2.42. The summed E-state index contributed by atoms with van der Waals surface area (Å²) in [4.78, 5) is 95.4. The van der Waals surface area contributed by atoms with Gasteiger partial charge < -0.3 is 87.0 Å². The largest absolute Gasteiger partial charge is 0.491 e. The van der Waals surface area contributed by atoms with Crippen molar-refractivity contribution in [3.8, 4) is 17.2 Å². The fourth-order valence-corrected chi connectivity index (χ4v) is 10.2. The number of esters is 3. The van der Waals surface area contributed by atoms with E-state index in [1.807, 2.05) is 36.4 Å². The molecule has 27 nitrogen and oxygen atoms in total. The monoisotopic (exact) mass is 1320 g/mol. The maximum atomic E-state index is 14.3. The zero-order chi connectivity index (χ0) is 67.3. The lowest BCUT2D eigenvalue weighted by Gasteiger charge is -2.42. The molecule has 3 N–H and O–H groups in total. The number of nitrogens with zero attached hydrogens (tertiary/aromatic N) is 3. The number of ether oxygens (including phenoxy) is 15. The number of carbonyl (C=O) groups is 6. The van der Waals surface area contributed by atoms with Gasteiger partial charge in [-0.3, -0.25) is 14.4 Å². The van der Waals surface area contributed by atoms with Crippen LogP contribution in [-0.2, 0) is 56.8 Å². The number of carbonyl (C=O) groups excluding carboxylic acids is 6. The molecule has 3 heterocycles. The molecule has 3 aromatic carbocycles. The van der Waals surface area contributed by atoms with E-state index in [2.05, 4.69) is 30.9 Å². The summed E-state index contributed by atoms with van der Waals surface area (Å²) in [5.41, 5.74) is 5.38. The van der Waals surface area contributed by atoms with E-state index in [9.17, 15) is 28.8 Å². The Labute approximate surface area is 549 Å². The quantitative estimate of drug-likeness (QED) is 0.0192. The molecule has 6 aromatic rings. The van der Waals surface area contributed by atoms with Crippen LogP contribution >= 0.6 is 0 Å². The van der Waals surface area contributed by atoms with Gasteiger partial charge in [0, 0.05) is 86.6 Å². The Morgan fingerprint density at radius 1 is 0.316 bits per heavy atom. The summed E-state index contributed by atoms with van der Waals surface area (Å²) in [6, 6.07) is 25.1. The molecule has 0 aliphatic heterocycles. The van der Waals surface area contributed by atoms with Crippen molar-refractivity contribution >= 4 is 52.7 Å². The van der Waals surface area contributed by atoms with Gasteiger partial charge in [-0.25, -0.2) is 29.3 Å². The smallest absolute Gasteiger partial charge is 0.357 e. The van der Waals surface area contributed by atoms with Gasteiger partial charge in [-0.2, -0.15) is 0 Å². The number of nitrogens with one attached hydrogen (secondary N) is 3. The Morgan fingerprint density at radius 3 is 0.821 bits per heavy atom. The van der Waals surface area contributed by atoms with Crippen molar-refractivity contribution < 1.29 is 99.8 Å². The summed E-state index contributed by atoms with van der Waals surface area (Å²) in [5.74, 6) is -4.70. The Balaban J connectivity index is 1.08.